The number of fused-ring (bicyclic) bond motifs is 1. The van der Waals surface area contributed by atoms with Gasteiger partial charge in [0, 0.05) is 19.6 Å². The van der Waals surface area contributed by atoms with Crippen LogP contribution in [0.25, 0.3) is 0 Å². The van der Waals surface area contributed by atoms with E-state index >= 15 is 0 Å². The number of nitrogens with one attached hydrogen (secondary N) is 1. The number of aromatic nitrogens is 1. The van der Waals surface area contributed by atoms with Gasteiger partial charge in [-0.25, -0.2) is 4.98 Å². The Labute approximate surface area is 154 Å². The standard InChI is InChI=1S/C20H25N3O3/c1-3-9-23(10-4-2)20(24)17-7-6-16(13-22-17)21-12-15-5-8-18-19(11-15)26-14-25-18/h5-8,11,13,21H,3-4,9-10,12,14H2,1-2H3. The second-order valence-corrected chi connectivity index (χ2v) is 6.27. The summed E-state index contributed by atoms with van der Waals surface area (Å²) in [6.45, 7) is 6.60. The molecule has 0 saturated heterocycles. The third-order valence-corrected chi connectivity index (χ3v) is 4.19. The van der Waals surface area contributed by atoms with Crippen LogP contribution in [0.2, 0.25) is 0 Å². The number of pyridine rings is 1. The lowest BCUT2D eigenvalue weighted by molar-refractivity contribution is 0.0749. The number of rotatable bonds is 8. The van der Waals surface area contributed by atoms with Gasteiger partial charge in [0.25, 0.3) is 5.91 Å². The summed E-state index contributed by atoms with van der Waals surface area (Å²) in [4.78, 5) is 18.7. The number of anilines is 1. The molecule has 0 bridgehead atoms. The number of carbonyl (C=O) groups is 1. The third-order valence-electron chi connectivity index (χ3n) is 4.19. The average Bonchev–Trinajstić information content (AvgIpc) is 3.14. The number of hydrogen-bond acceptors (Lipinski definition) is 5. The number of benzene rings is 1. The Morgan fingerprint density at radius 1 is 1.12 bits per heavy atom. The van der Waals surface area contributed by atoms with E-state index in [1.165, 1.54) is 0 Å². The maximum Gasteiger partial charge on any atom is 0.272 e. The molecule has 3 rings (SSSR count). The summed E-state index contributed by atoms with van der Waals surface area (Å²) in [5.41, 5.74) is 2.45. The van der Waals surface area contributed by atoms with Crippen LogP contribution in [0.1, 0.15) is 42.7 Å². The summed E-state index contributed by atoms with van der Waals surface area (Å²) in [5.74, 6) is 1.55. The Morgan fingerprint density at radius 2 is 1.88 bits per heavy atom. The highest BCUT2D eigenvalue weighted by Gasteiger charge is 2.16. The summed E-state index contributed by atoms with van der Waals surface area (Å²) in [5, 5.41) is 3.31. The van der Waals surface area contributed by atoms with Crippen LogP contribution in [0.5, 0.6) is 11.5 Å². The van der Waals surface area contributed by atoms with Crippen LogP contribution < -0.4 is 14.8 Å². The number of hydrogen-bond donors (Lipinski definition) is 1. The van der Waals surface area contributed by atoms with Gasteiger partial charge in [0.1, 0.15) is 5.69 Å². The Hall–Kier alpha value is -2.76. The molecule has 0 aliphatic carbocycles. The minimum atomic E-state index is -0.00368. The van der Waals surface area contributed by atoms with Gasteiger partial charge in [0.05, 0.1) is 11.9 Å². The third kappa shape index (κ3) is 4.25. The maximum atomic E-state index is 12.5. The van der Waals surface area contributed by atoms with Crippen LogP contribution in [0.4, 0.5) is 5.69 Å². The van der Waals surface area contributed by atoms with Gasteiger partial charge in [-0.1, -0.05) is 19.9 Å². The molecule has 1 N–H and O–H groups in total. The number of carbonyl (C=O) groups excluding carboxylic acids is 1. The SMILES string of the molecule is CCCN(CCC)C(=O)c1ccc(NCc2ccc3c(c2)OCO3)cn1. The summed E-state index contributed by atoms with van der Waals surface area (Å²) in [6, 6.07) is 9.55. The van der Waals surface area contributed by atoms with E-state index in [0.29, 0.717) is 12.2 Å². The molecule has 0 unspecified atom stereocenters. The van der Waals surface area contributed by atoms with Crippen molar-refractivity contribution in [2.45, 2.75) is 33.2 Å². The van der Waals surface area contributed by atoms with Crippen LogP contribution >= 0.6 is 0 Å². The molecule has 138 valence electrons. The van der Waals surface area contributed by atoms with E-state index < -0.39 is 0 Å². The van der Waals surface area contributed by atoms with E-state index in [9.17, 15) is 4.79 Å². The largest absolute Gasteiger partial charge is 0.454 e. The molecule has 0 fully saturated rings. The van der Waals surface area contributed by atoms with Gasteiger partial charge in [-0.05, 0) is 42.7 Å². The van der Waals surface area contributed by atoms with Gasteiger partial charge in [0.2, 0.25) is 6.79 Å². The molecule has 0 atom stereocenters. The highest BCUT2D eigenvalue weighted by molar-refractivity contribution is 5.92. The van der Waals surface area contributed by atoms with Crippen molar-refractivity contribution >= 4 is 11.6 Å². The molecule has 0 radical (unpaired) electrons. The first-order valence-electron chi connectivity index (χ1n) is 9.09. The van der Waals surface area contributed by atoms with Crippen molar-refractivity contribution in [1.29, 1.82) is 0 Å². The summed E-state index contributed by atoms with van der Waals surface area (Å²) in [6.07, 6.45) is 3.60. The lowest BCUT2D eigenvalue weighted by Gasteiger charge is -2.21. The summed E-state index contributed by atoms with van der Waals surface area (Å²) < 4.78 is 10.7. The Kier molecular flexibility index (Phi) is 5.94. The number of ether oxygens (including phenoxy) is 2. The maximum absolute atomic E-state index is 12.5. The zero-order valence-corrected chi connectivity index (χ0v) is 15.3. The minimum Gasteiger partial charge on any atom is -0.454 e. The molecule has 1 aliphatic rings. The fraction of sp³-hybridized carbons (Fsp3) is 0.400. The zero-order valence-electron chi connectivity index (χ0n) is 15.3. The first kappa shape index (κ1) is 18.0. The van der Waals surface area contributed by atoms with Gasteiger partial charge < -0.3 is 19.7 Å². The van der Waals surface area contributed by atoms with Gasteiger partial charge in [-0.3, -0.25) is 4.79 Å². The monoisotopic (exact) mass is 355 g/mol. The highest BCUT2D eigenvalue weighted by atomic mass is 16.7. The second-order valence-electron chi connectivity index (χ2n) is 6.27. The van der Waals surface area contributed by atoms with E-state index in [-0.39, 0.29) is 12.7 Å². The lowest BCUT2D eigenvalue weighted by atomic mass is 10.2. The van der Waals surface area contributed by atoms with Crippen molar-refractivity contribution < 1.29 is 14.3 Å². The molecule has 0 saturated carbocycles. The first-order chi connectivity index (χ1) is 12.7. The fourth-order valence-electron chi connectivity index (χ4n) is 2.90. The Morgan fingerprint density at radius 3 is 2.58 bits per heavy atom. The van der Waals surface area contributed by atoms with Crippen molar-refractivity contribution in [2.24, 2.45) is 0 Å². The van der Waals surface area contributed by atoms with Crippen molar-refractivity contribution in [3.8, 4) is 11.5 Å². The van der Waals surface area contributed by atoms with Crippen LogP contribution in [0.3, 0.4) is 0 Å². The highest BCUT2D eigenvalue weighted by Crippen LogP contribution is 2.32. The lowest BCUT2D eigenvalue weighted by Crippen LogP contribution is -2.33. The van der Waals surface area contributed by atoms with Crippen LogP contribution in [0.15, 0.2) is 36.5 Å². The van der Waals surface area contributed by atoms with Crippen molar-refractivity contribution in [2.75, 3.05) is 25.2 Å². The van der Waals surface area contributed by atoms with Crippen LogP contribution in [-0.4, -0.2) is 35.7 Å². The molecule has 2 aromatic rings. The van der Waals surface area contributed by atoms with Crippen molar-refractivity contribution in [3.63, 3.8) is 0 Å². The Balaban J connectivity index is 1.59. The number of amides is 1. The van der Waals surface area contributed by atoms with E-state index in [1.54, 1.807) is 12.3 Å². The van der Waals surface area contributed by atoms with Crippen molar-refractivity contribution in [3.05, 3.63) is 47.8 Å². The Bertz CT molecular complexity index is 740. The normalized spacial score (nSPS) is 12.1. The van der Waals surface area contributed by atoms with E-state index in [2.05, 4.69) is 24.1 Å². The topological polar surface area (TPSA) is 63.7 Å². The van der Waals surface area contributed by atoms with E-state index in [4.69, 9.17) is 9.47 Å². The van der Waals surface area contributed by atoms with Gasteiger partial charge in [-0.15, -0.1) is 0 Å². The van der Waals surface area contributed by atoms with Crippen molar-refractivity contribution in [1.82, 2.24) is 9.88 Å². The quantitative estimate of drug-likeness (QED) is 0.782. The summed E-state index contributed by atoms with van der Waals surface area (Å²) in [7, 11) is 0. The number of nitrogens with zero attached hydrogens (tertiary/aromatic N) is 2. The second kappa shape index (κ2) is 8.56. The molecule has 1 amide bonds. The molecule has 6 nitrogen and oxygen atoms in total. The fourth-order valence-corrected chi connectivity index (χ4v) is 2.90. The molecular weight excluding hydrogens is 330 g/mol. The summed E-state index contributed by atoms with van der Waals surface area (Å²) >= 11 is 0. The van der Waals surface area contributed by atoms with E-state index in [1.807, 2.05) is 29.2 Å². The van der Waals surface area contributed by atoms with Gasteiger partial charge in [0.15, 0.2) is 11.5 Å². The smallest absolute Gasteiger partial charge is 0.272 e. The molecule has 0 spiro atoms. The first-order valence-corrected chi connectivity index (χ1v) is 9.09. The zero-order chi connectivity index (χ0) is 18.4. The predicted octanol–water partition coefficient (Wildman–Crippen LogP) is 3.68. The minimum absolute atomic E-state index is 0.00368. The molecule has 6 heteroatoms. The predicted molar refractivity (Wildman–Crippen MR) is 101 cm³/mol. The van der Waals surface area contributed by atoms with E-state index in [0.717, 1.165) is 48.7 Å². The molecule has 2 heterocycles. The molecular formula is C20H25N3O3. The molecule has 26 heavy (non-hydrogen) atoms. The van der Waals surface area contributed by atoms with Gasteiger partial charge in [-0.2, -0.15) is 0 Å². The molecule has 1 aromatic heterocycles. The van der Waals surface area contributed by atoms with Crippen LogP contribution in [-0.2, 0) is 6.54 Å². The van der Waals surface area contributed by atoms with Crippen LogP contribution in [0, 0.1) is 0 Å². The van der Waals surface area contributed by atoms with Gasteiger partial charge >= 0.3 is 0 Å². The molecule has 1 aromatic carbocycles. The molecule has 1 aliphatic heterocycles. The average molecular weight is 355 g/mol.